The van der Waals surface area contributed by atoms with E-state index in [4.69, 9.17) is 5.73 Å². The molecule has 0 spiro atoms. The van der Waals surface area contributed by atoms with Crippen molar-refractivity contribution in [1.29, 1.82) is 0 Å². The molecule has 0 bridgehead atoms. The fourth-order valence-electron chi connectivity index (χ4n) is 1.18. The van der Waals surface area contributed by atoms with Crippen molar-refractivity contribution >= 4 is 23.2 Å². The van der Waals surface area contributed by atoms with Crippen molar-refractivity contribution in [2.75, 3.05) is 7.11 Å². The lowest BCUT2D eigenvalue weighted by Gasteiger charge is -2.07. The average molecular weight is 256 g/mol. The van der Waals surface area contributed by atoms with Crippen molar-refractivity contribution in [3.8, 4) is 0 Å². The van der Waals surface area contributed by atoms with Crippen LogP contribution < -0.4 is 11.1 Å². The van der Waals surface area contributed by atoms with Gasteiger partial charge in [0.15, 0.2) is 0 Å². The highest BCUT2D eigenvalue weighted by Crippen LogP contribution is 2.17. The van der Waals surface area contributed by atoms with Crippen LogP contribution in [0.1, 0.15) is 16.7 Å². The molecule has 0 aromatic carbocycles. The molecule has 0 aliphatic rings. The lowest BCUT2D eigenvalue weighted by molar-refractivity contribution is -0.139. The van der Waals surface area contributed by atoms with Gasteiger partial charge in [0.1, 0.15) is 0 Å². The second kappa shape index (κ2) is 6.36. The number of amides is 1. The van der Waals surface area contributed by atoms with Gasteiger partial charge in [-0.2, -0.15) is 0 Å². The Labute approximate surface area is 104 Å². The lowest BCUT2D eigenvalue weighted by Crippen LogP contribution is -2.38. The highest BCUT2D eigenvalue weighted by atomic mass is 32.1. The van der Waals surface area contributed by atoms with E-state index >= 15 is 0 Å². The van der Waals surface area contributed by atoms with Gasteiger partial charge in [-0.1, -0.05) is 0 Å². The summed E-state index contributed by atoms with van der Waals surface area (Å²) in [7, 11) is 1.37. The van der Waals surface area contributed by atoms with Gasteiger partial charge < -0.3 is 15.8 Å². The fourth-order valence-corrected chi connectivity index (χ4v) is 2.14. The molecular formula is C11H16N2O3S. The minimum Gasteiger partial charge on any atom is -0.469 e. The molecule has 1 atom stereocenters. The largest absolute Gasteiger partial charge is 0.469 e. The summed E-state index contributed by atoms with van der Waals surface area (Å²) in [6.45, 7) is 2.28. The third-order valence-corrected chi connectivity index (χ3v) is 3.36. The van der Waals surface area contributed by atoms with Crippen molar-refractivity contribution in [2.45, 2.75) is 25.9 Å². The van der Waals surface area contributed by atoms with E-state index < -0.39 is 0 Å². The normalized spacial score (nSPS) is 12.1. The fraction of sp³-hybridized carbons (Fsp3) is 0.455. The highest BCUT2D eigenvalue weighted by Gasteiger charge is 2.09. The molecule has 1 aromatic rings. The van der Waals surface area contributed by atoms with Gasteiger partial charge in [0.25, 0.3) is 0 Å². The van der Waals surface area contributed by atoms with Crippen LogP contribution in [-0.4, -0.2) is 25.0 Å². The van der Waals surface area contributed by atoms with E-state index in [-0.39, 0.29) is 24.3 Å². The molecule has 5 nitrogen and oxygen atoms in total. The van der Waals surface area contributed by atoms with E-state index in [2.05, 4.69) is 10.1 Å². The molecule has 0 fully saturated rings. The van der Waals surface area contributed by atoms with E-state index in [0.29, 0.717) is 6.54 Å². The first kappa shape index (κ1) is 13.7. The van der Waals surface area contributed by atoms with Crippen molar-refractivity contribution in [1.82, 2.24) is 5.32 Å². The standard InChI is InChI=1S/C11H16N2O3S/c1-7(11(12)15)13-6-9-4-3-8(17-9)5-10(14)16-2/h3-4,7,13H,5-6H2,1-2H3,(H2,12,15). The predicted molar refractivity (Wildman–Crippen MR) is 65.5 cm³/mol. The molecule has 17 heavy (non-hydrogen) atoms. The summed E-state index contributed by atoms with van der Waals surface area (Å²) < 4.78 is 4.58. The molecule has 1 rings (SSSR count). The Morgan fingerprint density at radius 2 is 2.12 bits per heavy atom. The van der Waals surface area contributed by atoms with Crippen molar-refractivity contribution < 1.29 is 14.3 Å². The summed E-state index contributed by atoms with van der Waals surface area (Å²) in [5.74, 6) is -0.631. The predicted octanol–water partition coefficient (Wildman–Crippen LogP) is 0.427. The third kappa shape index (κ3) is 4.54. The molecule has 1 amide bonds. The molecule has 1 aromatic heterocycles. The van der Waals surface area contributed by atoms with Crippen molar-refractivity contribution in [3.05, 3.63) is 21.9 Å². The quantitative estimate of drug-likeness (QED) is 0.723. The molecule has 94 valence electrons. The molecule has 6 heteroatoms. The van der Waals surface area contributed by atoms with Crippen LogP contribution in [0.2, 0.25) is 0 Å². The topological polar surface area (TPSA) is 81.4 Å². The molecule has 0 saturated heterocycles. The molecule has 0 aliphatic carbocycles. The Morgan fingerprint density at radius 3 is 2.71 bits per heavy atom. The van der Waals surface area contributed by atoms with E-state index in [1.54, 1.807) is 6.92 Å². The Morgan fingerprint density at radius 1 is 1.47 bits per heavy atom. The van der Waals surface area contributed by atoms with Crippen LogP contribution in [0.15, 0.2) is 12.1 Å². The maximum atomic E-state index is 11.1. The minimum absolute atomic E-state index is 0.253. The van der Waals surface area contributed by atoms with Crippen molar-refractivity contribution in [3.63, 3.8) is 0 Å². The zero-order chi connectivity index (χ0) is 12.8. The van der Waals surface area contributed by atoms with Gasteiger partial charge in [-0.25, -0.2) is 0 Å². The lowest BCUT2D eigenvalue weighted by atomic mass is 10.3. The minimum atomic E-state index is -0.378. The summed E-state index contributed by atoms with van der Waals surface area (Å²) >= 11 is 1.51. The number of nitrogens with two attached hydrogens (primary N) is 1. The number of primary amides is 1. The summed E-state index contributed by atoms with van der Waals surface area (Å²) in [4.78, 5) is 23.9. The Hall–Kier alpha value is -1.40. The Kier molecular flexibility index (Phi) is 5.11. The third-order valence-electron chi connectivity index (χ3n) is 2.27. The average Bonchev–Trinajstić information content (AvgIpc) is 2.73. The Bertz CT molecular complexity index is 403. The molecule has 0 radical (unpaired) electrons. The number of esters is 1. The molecule has 1 heterocycles. The van der Waals surface area contributed by atoms with Crippen molar-refractivity contribution in [2.24, 2.45) is 5.73 Å². The van der Waals surface area contributed by atoms with Gasteiger partial charge in [-0.05, 0) is 19.1 Å². The zero-order valence-electron chi connectivity index (χ0n) is 9.86. The number of nitrogens with one attached hydrogen (secondary N) is 1. The number of methoxy groups -OCH3 is 1. The first-order valence-corrected chi connectivity index (χ1v) is 6.01. The first-order chi connectivity index (χ1) is 8.02. The van der Waals surface area contributed by atoms with Gasteiger partial charge in [0.2, 0.25) is 5.91 Å². The summed E-state index contributed by atoms with van der Waals surface area (Å²) in [6.07, 6.45) is 0.284. The van der Waals surface area contributed by atoms with Gasteiger partial charge >= 0.3 is 5.97 Å². The van der Waals surface area contributed by atoms with Gasteiger partial charge in [-0.15, -0.1) is 11.3 Å². The maximum Gasteiger partial charge on any atom is 0.310 e. The van der Waals surface area contributed by atoms with Gasteiger partial charge in [0.05, 0.1) is 19.6 Å². The van der Waals surface area contributed by atoms with Crippen LogP contribution in [0, 0.1) is 0 Å². The number of rotatable bonds is 6. The van der Waals surface area contributed by atoms with Crippen LogP contribution >= 0.6 is 11.3 Å². The van der Waals surface area contributed by atoms with E-state index in [0.717, 1.165) is 9.75 Å². The summed E-state index contributed by atoms with van der Waals surface area (Å²) in [6, 6.07) is 3.44. The number of hydrogen-bond donors (Lipinski definition) is 2. The highest BCUT2D eigenvalue weighted by molar-refractivity contribution is 7.12. The smallest absolute Gasteiger partial charge is 0.310 e. The number of carbonyl (C=O) groups is 2. The molecule has 0 saturated carbocycles. The number of thiophene rings is 1. The molecule has 1 unspecified atom stereocenters. The van der Waals surface area contributed by atoms with E-state index in [1.165, 1.54) is 18.4 Å². The number of hydrogen-bond acceptors (Lipinski definition) is 5. The van der Waals surface area contributed by atoms with Gasteiger partial charge in [0, 0.05) is 16.3 Å². The zero-order valence-corrected chi connectivity index (χ0v) is 10.7. The Balaban J connectivity index is 2.46. The van der Waals surface area contributed by atoms with E-state index in [9.17, 15) is 9.59 Å². The van der Waals surface area contributed by atoms with Crippen LogP contribution in [0.4, 0.5) is 0 Å². The second-order valence-electron chi connectivity index (χ2n) is 3.63. The second-order valence-corrected chi connectivity index (χ2v) is 4.88. The molecular weight excluding hydrogens is 240 g/mol. The SMILES string of the molecule is COC(=O)Cc1ccc(CNC(C)C(N)=O)s1. The number of carbonyl (C=O) groups excluding carboxylic acids is 2. The van der Waals surface area contributed by atoms with Gasteiger partial charge in [-0.3, -0.25) is 9.59 Å². The van der Waals surface area contributed by atoms with Crippen LogP contribution in [-0.2, 0) is 27.3 Å². The molecule has 3 N–H and O–H groups in total. The summed E-state index contributed by atoms with van der Waals surface area (Å²) in [5, 5.41) is 3.00. The summed E-state index contributed by atoms with van der Waals surface area (Å²) in [5.41, 5.74) is 5.13. The molecule has 0 aliphatic heterocycles. The van der Waals surface area contributed by atoms with Crippen LogP contribution in [0.25, 0.3) is 0 Å². The van der Waals surface area contributed by atoms with E-state index in [1.807, 2.05) is 12.1 Å². The van der Waals surface area contributed by atoms with Crippen LogP contribution in [0.5, 0.6) is 0 Å². The monoisotopic (exact) mass is 256 g/mol. The van der Waals surface area contributed by atoms with Crippen LogP contribution in [0.3, 0.4) is 0 Å². The first-order valence-electron chi connectivity index (χ1n) is 5.20. The maximum absolute atomic E-state index is 11.1. The number of ether oxygens (including phenoxy) is 1.